The Balaban J connectivity index is 2.31. The van der Waals surface area contributed by atoms with Crippen molar-refractivity contribution in [2.24, 2.45) is 5.11 Å². The number of fused-ring (bicyclic) bond motifs is 1. The molecule has 1 N–H and O–H groups in total. The molecule has 6 nitrogen and oxygen atoms in total. The Morgan fingerprint density at radius 2 is 2.33 bits per heavy atom. The summed E-state index contributed by atoms with van der Waals surface area (Å²) in [5.41, 5.74) is 9.97. The first-order valence-electron chi connectivity index (χ1n) is 5.31. The van der Waals surface area contributed by atoms with Gasteiger partial charge in [-0.2, -0.15) is 0 Å². The summed E-state index contributed by atoms with van der Waals surface area (Å²) in [4.78, 5) is 17.6. The van der Waals surface area contributed by atoms with Crippen LogP contribution in [-0.4, -0.2) is 22.1 Å². The number of carboxylic acid groups (broad SMARTS) is 1. The molecule has 0 unspecified atom stereocenters. The van der Waals surface area contributed by atoms with E-state index in [4.69, 9.17) is 10.6 Å². The van der Waals surface area contributed by atoms with Crippen molar-refractivity contribution in [2.75, 3.05) is 0 Å². The Kier molecular flexibility index (Phi) is 3.41. The lowest BCUT2D eigenvalue weighted by molar-refractivity contribution is -0.138. The zero-order valence-electron chi connectivity index (χ0n) is 9.39. The Hall–Kier alpha value is -2.59. The number of hydrogen-bond acceptors (Lipinski definition) is 3. The van der Waals surface area contributed by atoms with Crippen LogP contribution in [0.1, 0.15) is 5.56 Å². The molecule has 90 valence electrons. The number of aromatic nitrogens is 1. The zero-order valence-corrected chi connectivity index (χ0v) is 9.39. The van der Waals surface area contributed by atoms with E-state index in [1.165, 1.54) is 0 Å². The van der Waals surface area contributed by atoms with Crippen molar-refractivity contribution in [2.45, 2.75) is 12.5 Å². The normalized spacial score (nSPS) is 11.8. The third-order valence-electron chi connectivity index (χ3n) is 2.57. The highest BCUT2D eigenvalue weighted by atomic mass is 16.4. The summed E-state index contributed by atoms with van der Waals surface area (Å²) in [5, 5.41) is 13.1. The van der Waals surface area contributed by atoms with Crippen molar-refractivity contribution in [3.05, 3.63) is 52.5 Å². The number of nitrogens with zero attached hydrogens (tertiary/aromatic N) is 4. The lowest BCUT2D eigenvalue weighted by atomic mass is 10.0. The third-order valence-corrected chi connectivity index (χ3v) is 2.57. The molecule has 0 aliphatic carbocycles. The van der Waals surface area contributed by atoms with Crippen LogP contribution in [0.3, 0.4) is 0 Å². The number of benzene rings is 1. The van der Waals surface area contributed by atoms with E-state index in [-0.39, 0.29) is 6.42 Å². The minimum Gasteiger partial charge on any atom is -0.481 e. The van der Waals surface area contributed by atoms with E-state index in [9.17, 15) is 4.79 Å². The van der Waals surface area contributed by atoms with Crippen LogP contribution in [0.4, 0.5) is 0 Å². The summed E-state index contributed by atoms with van der Waals surface area (Å²) in [5.74, 6) is -1.13. The highest BCUT2D eigenvalue weighted by Crippen LogP contribution is 2.15. The monoisotopic (exact) mass is 242 g/mol. The van der Waals surface area contributed by atoms with E-state index in [1.54, 1.807) is 12.3 Å². The molecular formula is C12H10N4O2. The molecule has 0 spiro atoms. The lowest BCUT2D eigenvalue weighted by Gasteiger charge is -2.06. The maximum Gasteiger partial charge on any atom is 0.312 e. The average molecular weight is 242 g/mol. The number of pyridine rings is 1. The fourth-order valence-corrected chi connectivity index (χ4v) is 1.72. The van der Waals surface area contributed by atoms with Gasteiger partial charge >= 0.3 is 5.97 Å². The number of carbonyl (C=O) groups is 1. The molecule has 1 aromatic carbocycles. The highest BCUT2D eigenvalue weighted by molar-refractivity contribution is 5.79. The van der Waals surface area contributed by atoms with E-state index in [0.717, 1.165) is 16.5 Å². The topological polar surface area (TPSA) is 99.0 Å². The van der Waals surface area contributed by atoms with E-state index < -0.39 is 12.0 Å². The summed E-state index contributed by atoms with van der Waals surface area (Å²) in [7, 11) is 0. The number of aliphatic carboxylic acids is 1. The van der Waals surface area contributed by atoms with Gasteiger partial charge in [-0.05, 0) is 35.7 Å². The van der Waals surface area contributed by atoms with Crippen LogP contribution in [0.25, 0.3) is 21.3 Å². The second-order valence-electron chi connectivity index (χ2n) is 3.79. The SMILES string of the molecule is [N-]=[N+]=N[C@@H](Cc1ccc2ncccc2c1)C(=O)O. The van der Waals surface area contributed by atoms with Crippen molar-refractivity contribution in [1.82, 2.24) is 4.98 Å². The quantitative estimate of drug-likeness (QED) is 0.506. The molecule has 0 saturated carbocycles. The van der Waals surface area contributed by atoms with Crippen molar-refractivity contribution in [3.8, 4) is 0 Å². The summed E-state index contributed by atoms with van der Waals surface area (Å²) >= 11 is 0. The molecule has 0 amide bonds. The Labute approximate surface area is 103 Å². The maximum absolute atomic E-state index is 10.9. The van der Waals surface area contributed by atoms with E-state index in [0.29, 0.717) is 0 Å². The van der Waals surface area contributed by atoms with Gasteiger partial charge in [-0.25, -0.2) is 0 Å². The number of hydrogen-bond donors (Lipinski definition) is 1. The van der Waals surface area contributed by atoms with Gasteiger partial charge in [0, 0.05) is 16.5 Å². The molecule has 18 heavy (non-hydrogen) atoms. The van der Waals surface area contributed by atoms with E-state index in [2.05, 4.69) is 15.0 Å². The van der Waals surface area contributed by atoms with E-state index in [1.807, 2.05) is 24.3 Å². The molecular weight excluding hydrogens is 232 g/mol. The minimum atomic E-state index is -1.13. The molecule has 0 aliphatic heterocycles. The Bertz CT molecular complexity index is 633. The van der Waals surface area contributed by atoms with Gasteiger partial charge in [0.25, 0.3) is 0 Å². The second kappa shape index (κ2) is 5.16. The molecule has 0 aliphatic rings. The standard InChI is InChI=1S/C12H10N4O2/c13-16-15-11(12(17)18)7-8-3-4-10-9(6-8)2-1-5-14-10/h1-6,11H,7H2,(H,17,18)/t11-/m0/s1. The highest BCUT2D eigenvalue weighted by Gasteiger charge is 2.16. The number of rotatable bonds is 4. The molecule has 1 atom stereocenters. The van der Waals surface area contributed by atoms with Crippen LogP contribution in [-0.2, 0) is 11.2 Å². The van der Waals surface area contributed by atoms with Gasteiger partial charge in [-0.3, -0.25) is 9.78 Å². The summed E-state index contributed by atoms with van der Waals surface area (Å²) in [6.07, 6.45) is 1.87. The van der Waals surface area contributed by atoms with Crippen LogP contribution in [0.2, 0.25) is 0 Å². The molecule has 0 radical (unpaired) electrons. The fraction of sp³-hybridized carbons (Fsp3) is 0.167. The lowest BCUT2D eigenvalue weighted by Crippen LogP contribution is -2.19. The fourth-order valence-electron chi connectivity index (χ4n) is 1.72. The Morgan fingerprint density at radius 1 is 1.50 bits per heavy atom. The molecule has 6 heteroatoms. The van der Waals surface area contributed by atoms with Crippen LogP contribution in [0.5, 0.6) is 0 Å². The molecule has 2 aromatic rings. The predicted molar refractivity (Wildman–Crippen MR) is 66.0 cm³/mol. The predicted octanol–water partition coefficient (Wildman–Crippen LogP) is 2.54. The van der Waals surface area contributed by atoms with Gasteiger partial charge in [0.05, 0.1) is 5.52 Å². The third kappa shape index (κ3) is 2.56. The molecule has 1 heterocycles. The van der Waals surface area contributed by atoms with Gasteiger partial charge in [-0.1, -0.05) is 17.2 Å². The summed E-state index contributed by atoms with van der Waals surface area (Å²) < 4.78 is 0. The van der Waals surface area contributed by atoms with Crippen LogP contribution < -0.4 is 0 Å². The smallest absolute Gasteiger partial charge is 0.312 e. The number of azide groups is 1. The zero-order chi connectivity index (χ0) is 13.0. The van der Waals surface area contributed by atoms with Gasteiger partial charge in [0.1, 0.15) is 6.04 Å². The van der Waals surface area contributed by atoms with Gasteiger partial charge in [-0.15, -0.1) is 0 Å². The van der Waals surface area contributed by atoms with Crippen LogP contribution in [0.15, 0.2) is 41.6 Å². The minimum absolute atomic E-state index is 0.171. The largest absolute Gasteiger partial charge is 0.481 e. The second-order valence-corrected chi connectivity index (χ2v) is 3.79. The summed E-state index contributed by atoms with van der Waals surface area (Å²) in [6.45, 7) is 0. The molecule has 1 aromatic heterocycles. The van der Waals surface area contributed by atoms with E-state index >= 15 is 0 Å². The first-order valence-corrected chi connectivity index (χ1v) is 5.31. The Morgan fingerprint density at radius 3 is 3.06 bits per heavy atom. The maximum atomic E-state index is 10.9. The van der Waals surface area contributed by atoms with Gasteiger partial charge < -0.3 is 5.11 Å². The molecule has 0 bridgehead atoms. The van der Waals surface area contributed by atoms with Gasteiger partial charge in [0.2, 0.25) is 0 Å². The average Bonchev–Trinajstić information content (AvgIpc) is 2.38. The van der Waals surface area contributed by atoms with Crippen molar-refractivity contribution in [1.29, 1.82) is 0 Å². The van der Waals surface area contributed by atoms with Crippen LogP contribution >= 0.6 is 0 Å². The first-order chi connectivity index (χ1) is 8.70. The van der Waals surface area contributed by atoms with Crippen molar-refractivity contribution in [3.63, 3.8) is 0 Å². The molecule has 0 saturated heterocycles. The molecule has 2 rings (SSSR count). The summed E-state index contributed by atoms with van der Waals surface area (Å²) in [6, 6.07) is 8.09. The number of carboxylic acids is 1. The van der Waals surface area contributed by atoms with Gasteiger partial charge in [0.15, 0.2) is 0 Å². The molecule has 0 fully saturated rings. The first kappa shape index (κ1) is 11.9. The van der Waals surface area contributed by atoms with Crippen molar-refractivity contribution >= 4 is 16.9 Å². The van der Waals surface area contributed by atoms with Crippen LogP contribution in [0, 0.1) is 0 Å². The van der Waals surface area contributed by atoms with Crippen molar-refractivity contribution < 1.29 is 9.90 Å².